The topological polar surface area (TPSA) is 88.4 Å². The van der Waals surface area contributed by atoms with Crippen LogP contribution in [0.25, 0.3) is 0 Å². The SMILES string of the molecule is Cc1cc(NC(=NC[C@H]2CCCO2)n2sc(C)cc2=N)no1. The number of aromatic nitrogens is 2. The number of anilines is 1. The predicted molar refractivity (Wildman–Crippen MR) is 84.4 cm³/mol. The van der Waals surface area contributed by atoms with Gasteiger partial charge in [-0.3, -0.25) is 5.41 Å². The average Bonchev–Trinajstić information content (AvgIpc) is 3.18. The maximum absolute atomic E-state index is 8.06. The van der Waals surface area contributed by atoms with E-state index in [1.165, 1.54) is 11.5 Å². The second-order valence-corrected chi connectivity index (χ2v) is 6.46. The Bertz CT molecular complexity index is 724. The fourth-order valence-electron chi connectivity index (χ4n) is 2.30. The van der Waals surface area contributed by atoms with Gasteiger partial charge in [0.15, 0.2) is 5.82 Å². The third-order valence-corrected chi connectivity index (χ3v) is 4.28. The third-order valence-electron chi connectivity index (χ3n) is 3.32. The van der Waals surface area contributed by atoms with E-state index in [9.17, 15) is 0 Å². The maximum atomic E-state index is 8.06. The summed E-state index contributed by atoms with van der Waals surface area (Å²) in [5, 5.41) is 15.1. The van der Waals surface area contributed by atoms with Crippen LogP contribution in [0.1, 0.15) is 23.5 Å². The molecule has 0 bridgehead atoms. The molecule has 22 heavy (non-hydrogen) atoms. The van der Waals surface area contributed by atoms with Crippen LogP contribution >= 0.6 is 11.5 Å². The molecule has 1 saturated heterocycles. The minimum atomic E-state index is 0.159. The second-order valence-electron chi connectivity index (χ2n) is 5.27. The molecular formula is C14H19N5O2S. The van der Waals surface area contributed by atoms with E-state index in [2.05, 4.69) is 15.5 Å². The maximum Gasteiger partial charge on any atom is 0.219 e. The van der Waals surface area contributed by atoms with Crippen molar-refractivity contribution in [1.82, 2.24) is 9.11 Å². The summed E-state index contributed by atoms with van der Waals surface area (Å²) in [4.78, 5) is 5.66. The Morgan fingerprint density at radius 3 is 3.00 bits per heavy atom. The first-order valence-corrected chi connectivity index (χ1v) is 8.00. The molecule has 2 aromatic heterocycles. The fourth-order valence-corrected chi connectivity index (χ4v) is 3.09. The molecule has 0 radical (unpaired) electrons. The Balaban J connectivity index is 1.85. The summed E-state index contributed by atoms with van der Waals surface area (Å²) in [5.41, 5.74) is 0.390. The number of aliphatic imine (C=N–C) groups is 1. The smallest absolute Gasteiger partial charge is 0.219 e. The highest BCUT2D eigenvalue weighted by molar-refractivity contribution is 7.07. The van der Waals surface area contributed by atoms with E-state index in [-0.39, 0.29) is 6.10 Å². The van der Waals surface area contributed by atoms with Gasteiger partial charge in [0.25, 0.3) is 0 Å². The van der Waals surface area contributed by atoms with Gasteiger partial charge in [0, 0.05) is 17.6 Å². The highest BCUT2D eigenvalue weighted by Gasteiger charge is 2.16. The van der Waals surface area contributed by atoms with Crippen LogP contribution in [0.2, 0.25) is 0 Å². The number of nitrogens with one attached hydrogen (secondary N) is 2. The van der Waals surface area contributed by atoms with Crippen molar-refractivity contribution in [3.63, 3.8) is 0 Å². The van der Waals surface area contributed by atoms with Gasteiger partial charge in [-0.25, -0.2) is 8.95 Å². The van der Waals surface area contributed by atoms with E-state index >= 15 is 0 Å². The highest BCUT2D eigenvalue weighted by atomic mass is 32.1. The Kier molecular flexibility index (Phi) is 4.39. The lowest BCUT2D eigenvalue weighted by Gasteiger charge is -2.10. The molecule has 3 rings (SSSR count). The minimum absolute atomic E-state index is 0.159. The zero-order chi connectivity index (χ0) is 15.5. The Morgan fingerprint density at radius 1 is 1.55 bits per heavy atom. The van der Waals surface area contributed by atoms with E-state index in [0.717, 1.165) is 30.1 Å². The zero-order valence-electron chi connectivity index (χ0n) is 12.6. The van der Waals surface area contributed by atoms with Gasteiger partial charge in [-0.2, -0.15) is 0 Å². The summed E-state index contributed by atoms with van der Waals surface area (Å²) in [6.45, 7) is 5.18. The molecule has 0 amide bonds. The summed E-state index contributed by atoms with van der Waals surface area (Å²) in [5.74, 6) is 1.88. The molecule has 2 aromatic rings. The first-order valence-electron chi connectivity index (χ1n) is 7.23. The lowest BCUT2D eigenvalue weighted by Crippen LogP contribution is -2.29. The fraction of sp³-hybridized carbons (Fsp3) is 0.500. The molecule has 0 aliphatic carbocycles. The lowest BCUT2D eigenvalue weighted by atomic mass is 10.2. The molecule has 0 spiro atoms. The molecule has 1 fully saturated rings. The molecule has 0 unspecified atom stereocenters. The van der Waals surface area contributed by atoms with Crippen LogP contribution in [0.15, 0.2) is 21.6 Å². The number of nitrogens with zero attached hydrogens (tertiary/aromatic N) is 3. The Labute approximate surface area is 132 Å². The van der Waals surface area contributed by atoms with Gasteiger partial charge >= 0.3 is 0 Å². The van der Waals surface area contributed by atoms with Crippen molar-refractivity contribution >= 4 is 23.3 Å². The largest absolute Gasteiger partial charge is 0.376 e. The van der Waals surface area contributed by atoms with E-state index in [4.69, 9.17) is 14.7 Å². The molecule has 1 aliphatic rings. The van der Waals surface area contributed by atoms with Gasteiger partial charge in [-0.15, -0.1) is 0 Å². The molecule has 8 heteroatoms. The number of hydrogen-bond donors (Lipinski definition) is 2. The van der Waals surface area contributed by atoms with Crippen molar-refractivity contribution in [3.8, 4) is 0 Å². The summed E-state index contributed by atoms with van der Waals surface area (Å²) < 4.78 is 12.4. The first kappa shape index (κ1) is 15.0. The summed E-state index contributed by atoms with van der Waals surface area (Å²) in [7, 11) is 0. The molecule has 7 nitrogen and oxygen atoms in total. The molecule has 1 atom stereocenters. The standard InChI is InChI=1S/C14H19N5O2S/c1-9-6-13(18-21-9)17-14(16-8-11-4-3-5-20-11)19-12(15)7-10(2)22-19/h6-7,11,15H,3-5,8H2,1-2H3,(H,16,17,18)/t11-/m1/s1. The van der Waals surface area contributed by atoms with E-state index in [1.807, 2.05) is 19.9 Å². The summed E-state index contributed by atoms with van der Waals surface area (Å²) in [6.07, 6.45) is 2.27. The molecule has 2 N–H and O–H groups in total. The zero-order valence-corrected chi connectivity index (χ0v) is 13.4. The van der Waals surface area contributed by atoms with Crippen molar-refractivity contribution in [2.45, 2.75) is 32.8 Å². The molecule has 0 aromatic carbocycles. The molecule has 0 saturated carbocycles. The van der Waals surface area contributed by atoms with Crippen molar-refractivity contribution in [2.24, 2.45) is 4.99 Å². The van der Waals surface area contributed by atoms with E-state index < -0.39 is 0 Å². The predicted octanol–water partition coefficient (Wildman–Crippen LogP) is 2.13. The third kappa shape index (κ3) is 3.45. The van der Waals surface area contributed by atoms with Gasteiger partial charge in [0.1, 0.15) is 11.2 Å². The van der Waals surface area contributed by atoms with Gasteiger partial charge < -0.3 is 14.6 Å². The Hall–Kier alpha value is -1.93. The summed E-state index contributed by atoms with van der Waals surface area (Å²) >= 11 is 1.47. The lowest BCUT2D eigenvalue weighted by molar-refractivity contribution is 0.118. The van der Waals surface area contributed by atoms with Crippen molar-refractivity contribution in [2.75, 3.05) is 18.5 Å². The molecule has 118 valence electrons. The first-order chi connectivity index (χ1) is 10.6. The van der Waals surface area contributed by atoms with Crippen molar-refractivity contribution in [1.29, 1.82) is 5.41 Å². The number of rotatable bonds is 3. The van der Waals surface area contributed by atoms with Crippen LogP contribution in [0.5, 0.6) is 0 Å². The van der Waals surface area contributed by atoms with Crippen molar-refractivity contribution < 1.29 is 9.26 Å². The van der Waals surface area contributed by atoms with Crippen LogP contribution in [-0.2, 0) is 4.74 Å². The minimum Gasteiger partial charge on any atom is -0.376 e. The van der Waals surface area contributed by atoms with Gasteiger partial charge in [0.05, 0.1) is 12.6 Å². The molecular weight excluding hydrogens is 302 g/mol. The van der Waals surface area contributed by atoms with Gasteiger partial charge in [-0.1, -0.05) is 16.7 Å². The molecule has 3 heterocycles. The summed E-state index contributed by atoms with van der Waals surface area (Å²) in [6, 6.07) is 3.61. The normalized spacial score (nSPS) is 18.8. The Morgan fingerprint density at radius 2 is 2.41 bits per heavy atom. The number of ether oxygens (including phenoxy) is 1. The number of aryl methyl sites for hydroxylation is 2. The van der Waals surface area contributed by atoms with Crippen LogP contribution in [0.4, 0.5) is 5.82 Å². The van der Waals surface area contributed by atoms with Crippen molar-refractivity contribution in [3.05, 3.63) is 28.3 Å². The van der Waals surface area contributed by atoms with E-state index in [1.54, 1.807) is 10.0 Å². The highest BCUT2D eigenvalue weighted by Crippen LogP contribution is 2.13. The molecule has 1 aliphatic heterocycles. The van der Waals surface area contributed by atoms with Gasteiger partial charge in [0.2, 0.25) is 5.96 Å². The van der Waals surface area contributed by atoms with E-state index in [0.29, 0.717) is 23.8 Å². The van der Waals surface area contributed by atoms with Crippen LogP contribution < -0.4 is 10.8 Å². The quantitative estimate of drug-likeness (QED) is 0.669. The van der Waals surface area contributed by atoms with Crippen LogP contribution in [-0.4, -0.2) is 34.3 Å². The average molecular weight is 321 g/mol. The number of hydrogen-bond acceptors (Lipinski definition) is 6. The monoisotopic (exact) mass is 321 g/mol. The van der Waals surface area contributed by atoms with Crippen LogP contribution in [0.3, 0.4) is 0 Å². The second kappa shape index (κ2) is 6.45. The van der Waals surface area contributed by atoms with Gasteiger partial charge in [-0.05, 0) is 32.8 Å². The van der Waals surface area contributed by atoms with Crippen LogP contribution in [0, 0.1) is 19.3 Å².